The summed E-state index contributed by atoms with van der Waals surface area (Å²) < 4.78 is 0. The molecule has 90 valence electrons. The van der Waals surface area contributed by atoms with Gasteiger partial charge in [-0.2, -0.15) is 0 Å². The van der Waals surface area contributed by atoms with E-state index in [1.54, 1.807) is 0 Å². The van der Waals surface area contributed by atoms with Crippen molar-refractivity contribution >= 4 is 17.5 Å². The van der Waals surface area contributed by atoms with Crippen molar-refractivity contribution in [1.82, 2.24) is 0 Å². The van der Waals surface area contributed by atoms with Crippen LogP contribution in [0.15, 0.2) is 5.16 Å². The molecule has 1 fully saturated rings. The Balaban J connectivity index is 2.68. The van der Waals surface area contributed by atoms with Crippen molar-refractivity contribution in [2.75, 3.05) is 0 Å². The third kappa shape index (κ3) is 3.32. The monoisotopic (exact) mass is 227 g/mol. The maximum Gasteiger partial charge on any atom is 0.361 e. The molecule has 0 radical (unpaired) electrons. The van der Waals surface area contributed by atoms with E-state index in [1.165, 1.54) is 13.3 Å². The van der Waals surface area contributed by atoms with Crippen molar-refractivity contribution in [3.05, 3.63) is 0 Å². The van der Waals surface area contributed by atoms with E-state index in [1.807, 2.05) is 6.92 Å². The van der Waals surface area contributed by atoms with Crippen LogP contribution < -0.4 is 0 Å². The molecule has 1 aliphatic rings. The van der Waals surface area contributed by atoms with E-state index < -0.39 is 23.1 Å². The first-order valence-electron chi connectivity index (χ1n) is 5.45. The first kappa shape index (κ1) is 12.7. The van der Waals surface area contributed by atoms with Crippen LogP contribution in [0.2, 0.25) is 0 Å². The molecule has 5 heteroatoms. The Morgan fingerprint density at radius 2 is 1.81 bits per heavy atom. The van der Waals surface area contributed by atoms with E-state index in [0.29, 0.717) is 0 Å². The number of hydrogen-bond donors (Lipinski definition) is 1. The normalized spacial score (nSPS) is 20.2. The zero-order chi connectivity index (χ0) is 12.2. The van der Waals surface area contributed by atoms with Gasteiger partial charge in [0.05, 0.1) is 0 Å². The van der Waals surface area contributed by atoms with Gasteiger partial charge in [0.15, 0.2) is 5.78 Å². The molecule has 5 nitrogen and oxygen atoms in total. The highest BCUT2D eigenvalue weighted by atomic mass is 16.7. The van der Waals surface area contributed by atoms with Crippen LogP contribution in [0.1, 0.15) is 46.0 Å². The summed E-state index contributed by atoms with van der Waals surface area (Å²) in [6.07, 6.45) is 4.97. The largest absolute Gasteiger partial charge is 0.476 e. The Labute approximate surface area is 94.5 Å². The number of carboxylic acids is 1. The number of carbonyl (C=O) groups excluding carboxylic acids is 1. The topological polar surface area (TPSA) is 76.0 Å². The highest BCUT2D eigenvalue weighted by molar-refractivity contribution is 6.63. The average molecular weight is 227 g/mol. The third-order valence-electron chi connectivity index (χ3n) is 2.80. The van der Waals surface area contributed by atoms with Crippen molar-refractivity contribution in [2.45, 2.75) is 51.6 Å². The quantitative estimate of drug-likeness (QED) is 0.451. The Morgan fingerprint density at radius 1 is 1.25 bits per heavy atom. The average Bonchev–Trinajstić information content (AvgIpc) is 2.17. The second-order valence-electron chi connectivity index (χ2n) is 4.40. The highest BCUT2D eigenvalue weighted by Gasteiger charge is 2.30. The summed E-state index contributed by atoms with van der Waals surface area (Å²) in [7, 11) is 0. The van der Waals surface area contributed by atoms with E-state index in [2.05, 4.69) is 5.16 Å². The van der Waals surface area contributed by atoms with Gasteiger partial charge >= 0.3 is 5.97 Å². The minimum Gasteiger partial charge on any atom is -0.476 e. The summed E-state index contributed by atoms with van der Waals surface area (Å²) in [5.41, 5.74) is -0.958. The van der Waals surface area contributed by atoms with Crippen LogP contribution in [0.5, 0.6) is 0 Å². The maximum absolute atomic E-state index is 11.0. The summed E-state index contributed by atoms with van der Waals surface area (Å²) >= 11 is 0. The Morgan fingerprint density at radius 3 is 2.25 bits per heavy atom. The zero-order valence-electron chi connectivity index (χ0n) is 9.65. The standard InChI is InChI=1S/C11H17NO4/c1-8(13)9(10(14)15)12-16-11(2)6-4-3-5-7-11/h3-7H2,1-2H3,(H,14,15)/b12-9-. The molecule has 0 saturated heterocycles. The van der Waals surface area contributed by atoms with Crippen molar-refractivity contribution < 1.29 is 19.5 Å². The summed E-state index contributed by atoms with van der Waals surface area (Å²) in [5, 5.41) is 12.2. The van der Waals surface area contributed by atoms with Crippen LogP contribution in [0, 0.1) is 0 Å². The number of aliphatic carboxylic acids is 1. The predicted molar refractivity (Wildman–Crippen MR) is 58.3 cm³/mol. The lowest BCUT2D eigenvalue weighted by atomic mass is 9.87. The SMILES string of the molecule is CC(=O)/C(=N/OC1(C)CCCCC1)C(=O)O. The smallest absolute Gasteiger partial charge is 0.361 e. The molecule has 0 aromatic carbocycles. The van der Waals surface area contributed by atoms with Gasteiger partial charge in [-0.1, -0.05) is 11.6 Å². The maximum atomic E-state index is 11.0. The number of hydrogen-bond acceptors (Lipinski definition) is 4. The van der Waals surface area contributed by atoms with Gasteiger partial charge in [0.25, 0.3) is 0 Å². The first-order chi connectivity index (χ1) is 7.44. The fourth-order valence-corrected chi connectivity index (χ4v) is 1.80. The molecule has 0 amide bonds. The van der Waals surface area contributed by atoms with Crippen LogP contribution in [0.3, 0.4) is 0 Å². The molecule has 0 aromatic heterocycles. The lowest BCUT2D eigenvalue weighted by Crippen LogP contribution is -2.31. The second-order valence-corrected chi connectivity index (χ2v) is 4.40. The molecule has 0 unspecified atom stereocenters. The number of ketones is 1. The van der Waals surface area contributed by atoms with Crippen molar-refractivity contribution in [1.29, 1.82) is 0 Å². The van der Waals surface area contributed by atoms with Gasteiger partial charge in [0, 0.05) is 6.92 Å². The Hall–Kier alpha value is -1.39. The number of Topliss-reactive ketones (excluding diaryl/α,β-unsaturated/α-hetero) is 1. The van der Waals surface area contributed by atoms with Gasteiger partial charge in [-0.25, -0.2) is 4.79 Å². The lowest BCUT2D eigenvalue weighted by molar-refractivity contribution is -0.131. The molecule has 0 atom stereocenters. The third-order valence-corrected chi connectivity index (χ3v) is 2.80. The predicted octanol–water partition coefficient (Wildman–Crippen LogP) is 1.76. The van der Waals surface area contributed by atoms with Crippen molar-refractivity contribution in [2.24, 2.45) is 5.16 Å². The number of nitrogens with zero attached hydrogens (tertiary/aromatic N) is 1. The number of carbonyl (C=O) groups is 2. The van der Waals surface area contributed by atoms with Gasteiger partial charge in [0.1, 0.15) is 5.60 Å². The van der Waals surface area contributed by atoms with Crippen LogP contribution in [-0.2, 0) is 14.4 Å². The Bertz CT molecular complexity index is 300. The molecule has 0 heterocycles. The molecule has 1 aliphatic carbocycles. The molecule has 1 rings (SSSR count). The van der Waals surface area contributed by atoms with E-state index in [9.17, 15) is 9.59 Å². The molecule has 1 N–H and O–H groups in total. The Kier molecular flexibility index (Phi) is 4.04. The summed E-state index contributed by atoms with van der Waals surface area (Å²) in [6.45, 7) is 3.06. The fourth-order valence-electron chi connectivity index (χ4n) is 1.80. The molecule has 16 heavy (non-hydrogen) atoms. The molecule has 1 saturated carbocycles. The minimum atomic E-state index is -1.34. The summed E-state index contributed by atoms with van der Waals surface area (Å²) in [4.78, 5) is 26.9. The van der Waals surface area contributed by atoms with E-state index in [0.717, 1.165) is 25.7 Å². The number of oxime groups is 1. The molecule has 0 aliphatic heterocycles. The van der Waals surface area contributed by atoms with E-state index in [-0.39, 0.29) is 0 Å². The summed E-state index contributed by atoms with van der Waals surface area (Å²) in [5.74, 6) is -1.93. The van der Waals surface area contributed by atoms with Gasteiger partial charge in [0.2, 0.25) is 5.71 Å². The first-order valence-corrected chi connectivity index (χ1v) is 5.45. The van der Waals surface area contributed by atoms with Crippen LogP contribution in [0.25, 0.3) is 0 Å². The number of rotatable bonds is 4. The van der Waals surface area contributed by atoms with Gasteiger partial charge in [-0.3, -0.25) is 4.79 Å². The lowest BCUT2D eigenvalue weighted by Gasteiger charge is -2.30. The van der Waals surface area contributed by atoms with E-state index >= 15 is 0 Å². The van der Waals surface area contributed by atoms with Crippen LogP contribution in [0.4, 0.5) is 0 Å². The highest BCUT2D eigenvalue weighted by Crippen LogP contribution is 2.31. The molecular weight excluding hydrogens is 210 g/mol. The molecule has 0 bridgehead atoms. The molecule has 0 aromatic rings. The van der Waals surface area contributed by atoms with Gasteiger partial charge in [-0.15, -0.1) is 0 Å². The van der Waals surface area contributed by atoms with Gasteiger partial charge < -0.3 is 9.94 Å². The van der Waals surface area contributed by atoms with Crippen molar-refractivity contribution in [3.8, 4) is 0 Å². The van der Waals surface area contributed by atoms with Crippen LogP contribution in [-0.4, -0.2) is 28.2 Å². The zero-order valence-corrected chi connectivity index (χ0v) is 9.65. The summed E-state index contributed by atoms with van der Waals surface area (Å²) in [6, 6.07) is 0. The molecular formula is C11H17NO4. The van der Waals surface area contributed by atoms with E-state index in [4.69, 9.17) is 9.94 Å². The van der Waals surface area contributed by atoms with Crippen molar-refractivity contribution in [3.63, 3.8) is 0 Å². The molecule has 0 spiro atoms. The number of carboxylic acid groups (broad SMARTS) is 1. The minimum absolute atomic E-state index is 0.422. The van der Waals surface area contributed by atoms with Gasteiger partial charge in [-0.05, 0) is 32.6 Å². The second kappa shape index (κ2) is 5.09. The van der Waals surface area contributed by atoms with Crippen LogP contribution >= 0.6 is 0 Å². The fraction of sp³-hybridized carbons (Fsp3) is 0.727.